The van der Waals surface area contributed by atoms with Gasteiger partial charge in [0.2, 0.25) is 0 Å². The first-order valence-corrected chi connectivity index (χ1v) is 11.8. The largest absolute Gasteiger partial charge is 1.00 e. The minimum Gasteiger partial charge on any atom is -1.00 e. The number of para-hydroxylation sites is 2. The minimum atomic E-state index is -1.14. The van der Waals surface area contributed by atoms with Crippen molar-refractivity contribution in [2.45, 2.75) is 52.4 Å². The van der Waals surface area contributed by atoms with E-state index in [0.717, 1.165) is 0 Å². The van der Waals surface area contributed by atoms with Crippen molar-refractivity contribution in [2.24, 2.45) is 0 Å². The van der Waals surface area contributed by atoms with Crippen LogP contribution >= 0.6 is 0 Å². The van der Waals surface area contributed by atoms with Gasteiger partial charge < -0.3 is 24.8 Å². The molecule has 0 unspecified atom stereocenters. The van der Waals surface area contributed by atoms with Gasteiger partial charge in [-0.3, -0.25) is 0 Å². The van der Waals surface area contributed by atoms with Crippen molar-refractivity contribution < 1.29 is 48.0 Å². The second-order valence-corrected chi connectivity index (χ2v) is 12.2. The Labute approximate surface area is 196 Å². The fraction of sp³-hybridized carbons (Fsp3) is 0.364. The van der Waals surface area contributed by atoms with E-state index >= 15 is 0 Å². The van der Waals surface area contributed by atoms with Crippen LogP contribution in [0.5, 0.6) is 0 Å². The van der Waals surface area contributed by atoms with Gasteiger partial charge in [0.05, 0.1) is 0 Å². The Morgan fingerprint density at radius 3 is 1.38 bits per heavy atom. The van der Waals surface area contributed by atoms with E-state index < -0.39 is 23.2 Å². The van der Waals surface area contributed by atoms with Gasteiger partial charge in [-0.05, 0) is 0 Å². The van der Waals surface area contributed by atoms with Crippen LogP contribution in [0.15, 0.2) is 36.4 Å². The molecule has 0 radical (unpaired) electrons. The number of nitrogens with zero attached hydrogens (tertiary/aromatic N) is 2. The average Bonchev–Trinajstić information content (AvgIpc) is 3.18. The topological polar surface area (TPSA) is 57.4 Å². The fourth-order valence-corrected chi connectivity index (χ4v) is 6.42. The van der Waals surface area contributed by atoms with Crippen molar-refractivity contribution in [1.82, 2.24) is 20.4 Å². The summed E-state index contributed by atoms with van der Waals surface area (Å²) in [7, 11) is 0. The molecule has 2 aromatic carbocycles. The van der Waals surface area contributed by atoms with Crippen LogP contribution in [0.1, 0.15) is 52.7 Å². The molecule has 7 heteroatoms. The average molecular weight is 509 g/mol. The smallest absolute Gasteiger partial charge is 1.00 e. The number of nitrogens with one attached hydrogen (secondary N) is 2. The van der Waals surface area contributed by atoms with E-state index in [9.17, 15) is 0 Å². The number of hydrogen-bond acceptors (Lipinski definition) is 2. The van der Waals surface area contributed by atoms with Gasteiger partial charge in [-0.1, -0.05) is 0 Å². The number of aromatic nitrogens is 4. The predicted molar refractivity (Wildman–Crippen MR) is 109 cm³/mol. The molecule has 2 aromatic heterocycles. The molecule has 0 atom stereocenters. The number of aromatic amines is 2. The van der Waals surface area contributed by atoms with Gasteiger partial charge in [-0.15, -0.1) is 0 Å². The van der Waals surface area contributed by atoms with Gasteiger partial charge in [0, 0.05) is 0 Å². The molecule has 0 aliphatic heterocycles. The maximum atomic E-state index is 4.72. The second kappa shape index (κ2) is 8.53. The summed E-state index contributed by atoms with van der Waals surface area (Å²) in [5, 5.41) is 18.6. The van der Waals surface area contributed by atoms with Crippen molar-refractivity contribution in [2.75, 3.05) is 0 Å². The minimum absolute atomic E-state index is 0. The standard InChI is InChI=1S/2C11H13N2.2ClH.Zr/c2*1-11(2,3)9-6-4-5-8-7-12-13-10(8)9;;;/h2*4-6H,1-3H3,(H,12,13);2*1H;/q;;;;+2/p-2. The van der Waals surface area contributed by atoms with Crippen molar-refractivity contribution in [3.8, 4) is 0 Å². The molecule has 152 valence electrons. The molecular formula is C22H26Cl2N4Zr. The molecular weight excluding hydrogens is 482 g/mol. The van der Waals surface area contributed by atoms with Crippen molar-refractivity contribution in [1.29, 1.82) is 0 Å². The number of rotatable bonds is 2. The monoisotopic (exact) mass is 506 g/mol. The van der Waals surface area contributed by atoms with E-state index in [1.807, 2.05) is 0 Å². The zero-order valence-corrected chi connectivity index (χ0v) is 21.6. The first kappa shape index (κ1) is 24.1. The molecule has 0 aliphatic carbocycles. The summed E-state index contributed by atoms with van der Waals surface area (Å²) in [5.41, 5.74) is 5.18. The zero-order chi connectivity index (χ0) is 19.4. The summed E-state index contributed by atoms with van der Waals surface area (Å²) in [6.45, 7) is 13.5. The molecule has 4 aromatic rings. The van der Waals surface area contributed by atoms with Crippen LogP contribution in [0, 0.1) is 0 Å². The maximum Gasteiger partial charge on any atom is -1.00 e. The molecule has 0 amide bonds. The van der Waals surface area contributed by atoms with Gasteiger partial charge in [0.25, 0.3) is 0 Å². The van der Waals surface area contributed by atoms with Gasteiger partial charge in [-0.2, -0.15) is 0 Å². The van der Waals surface area contributed by atoms with Crippen molar-refractivity contribution in [3.05, 3.63) is 47.5 Å². The molecule has 0 spiro atoms. The van der Waals surface area contributed by atoms with Gasteiger partial charge in [-0.25, -0.2) is 0 Å². The molecule has 0 bridgehead atoms. The molecule has 0 saturated heterocycles. The first-order valence-electron chi connectivity index (χ1n) is 9.38. The first-order chi connectivity index (χ1) is 12.7. The van der Waals surface area contributed by atoms with Gasteiger partial charge in [0.15, 0.2) is 0 Å². The Balaban J connectivity index is 0.00000150. The van der Waals surface area contributed by atoms with E-state index in [2.05, 4.69) is 88.1 Å². The molecule has 2 heterocycles. The molecule has 0 aliphatic rings. The summed E-state index contributed by atoms with van der Waals surface area (Å²) >= 11 is -1.14. The molecule has 2 N–H and O–H groups in total. The number of hydrogen-bond donors (Lipinski definition) is 2. The summed E-state index contributed by atoms with van der Waals surface area (Å²) in [5.74, 6) is 0. The second-order valence-electron chi connectivity index (χ2n) is 9.23. The molecule has 4 rings (SSSR count). The Kier molecular flexibility index (Phi) is 7.09. The maximum absolute atomic E-state index is 4.72. The Bertz CT molecular complexity index is 1040. The van der Waals surface area contributed by atoms with Crippen LogP contribution in [0.3, 0.4) is 0 Å². The third kappa shape index (κ3) is 4.48. The number of fused-ring (bicyclic) bond motifs is 2. The third-order valence-electron chi connectivity index (χ3n) is 5.05. The van der Waals surface area contributed by atoms with Crippen LogP contribution < -0.4 is 31.6 Å². The van der Waals surface area contributed by atoms with E-state index in [-0.39, 0.29) is 35.6 Å². The Morgan fingerprint density at radius 2 is 1.03 bits per heavy atom. The summed E-state index contributed by atoms with van der Waals surface area (Å²) < 4.78 is 2.43. The van der Waals surface area contributed by atoms with Crippen molar-refractivity contribution >= 4 is 28.6 Å². The van der Waals surface area contributed by atoms with Crippen LogP contribution in [0.2, 0.25) is 0 Å². The molecule has 0 saturated carbocycles. The van der Waals surface area contributed by atoms with E-state index in [1.165, 1.54) is 39.7 Å². The summed E-state index contributed by atoms with van der Waals surface area (Å²) in [4.78, 5) is 0. The summed E-state index contributed by atoms with van der Waals surface area (Å²) in [6, 6.07) is 13.1. The van der Waals surface area contributed by atoms with Crippen LogP contribution in [-0.2, 0) is 34.1 Å². The SMILES string of the molecule is CC(C)(C)c1cccc2[c]([Zr+2][c]3n[nH]c4c(C(C)(C)C)cccc34)n[nH]c12.[Cl-].[Cl-]. The van der Waals surface area contributed by atoms with Gasteiger partial charge in [0.1, 0.15) is 0 Å². The molecule has 0 fully saturated rings. The number of H-pyrrole nitrogens is 2. The normalized spacial score (nSPS) is 11.8. The van der Waals surface area contributed by atoms with Crippen LogP contribution in [0.4, 0.5) is 0 Å². The Morgan fingerprint density at radius 1 is 0.655 bits per heavy atom. The van der Waals surface area contributed by atoms with Crippen LogP contribution in [-0.4, -0.2) is 20.4 Å². The van der Waals surface area contributed by atoms with Gasteiger partial charge >= 0.3 is 172 Å². The molecule has 29 heavy (non-hydrogen) atoms. The predicted octanol–water partition coefficient (Wildman–Crippen LogP) is -1.92. The van der Waals surface area contributed by atoms with E-state index in [4.69, 9.17) is 10.2 Å². The Hall–Kier alpha value is -1.16. The summed E-state index contributed by atoms with van der Waals surface area (Å²) in [6.07, 6.45) is 0. The molecule has 4 nitrogen and oxygen atoms in total. The quantitative estimate of drug-likeness (QED) is 0.332. The zero-order valence-electron chi connectivity index (χ0n) is 17.6. The fourth-order valence-electron chi connectivity index (χ4n) is 3.64. The van der Waals surface area contributed by atoms with E-state index in [0.29, 0.717) is 0 Å². The third-order valence-corrected chi connectivity index (χ3v) is 8.09. The number of benzene rings is 2. The van der Waals surface area contributed by atoms with E-state index in [1.54, 1.807) is 0 Å². The number of halogens is 2. The van der Waals surface area contributed by atoms with Crippen LogP contribution in [0.25, 0.3) is 21.8 Å². The van der Waals surface area contributed by atoms with Crippen molar-refractivity contribution in [3.63, 3.8) is 0 Å².